The van der Waals surface area contributed by atoms with Gasteiger partial charge in [0.05, 0.1) is 11.7 Å². The van der Waals surface area contributed by atoms with Gasteiger partial charge in [0.15, 0.2) is 5.82 Å². The lowest BCUT2D eigenvalue weighted by molar-refractivity contribution is -0.133. The van der Waals surface area contributed by atoms with E-state index in [0.717, 1.165) is 24.8 Å². The topological polar surface area (TPSA) is 59.2 Å². The molecule has 1 amide bonds. The molecule has 1 saturated heterocycles. The maximum Gasteiger partial charge on any atom is 0.233 e. The van der Waals surface area contributed by atoms with E-state index in [1.165, 1.54) is 38.5 Å². The maximum absolute atomic E-state index is 12.1. The molecular weight excluding hydrogens is 286 g/mol. The molecule has 2 aliphatic carbocycles. The third-order valence-electron chi connectivity index (χ3n) is 4.73. The van der Waals surface area contributed by atoms with Gasteiger partial charge in [0.25, 0.3) is 0 Å². The van der Waals surface area contributed by atoms with Crippen molar-refractivity contribution in [1.82, 2.24) is 15.0 Å². The number of amides is 1. The number of carbonyl (C=O) groups is 1. The van der Waals surface area contributed by atoms with E-state index in [1.54, 1.807) is 0 Å². The predicted octanol–water partition coefficient (Wildman–Crippen LogP) is 2.55. The zero-order chi connectivity index (χ0) is 14.2. The van der Waals surface area contributed by atoms with E-state index in [1.807, 2.05) is 16.7 Å². The second-order valence-corrected chi connectivity index (χ2v) is 7.77. The van der Waals surface area contributed by atoms with Crippen molar-refractivity contribution >= 4 is 17.7 Å². The van der Waals surface area contributed by atoms with Crippen LogP contribution in [0.2, 0.25) is 0 Å². The molecule has 5 nitrogen and oxygen atoms in total. The Morgan fingerprint density at radius 3 is 2.67 bits per heavy atom. The van der Waals surface area contributed by atoms with Crippen LogP contribution in [0.4, 0.5) is 0 Å². The van der Waals surface area contributed by atoms with E-state index < -0.39 is 0 Å². The number of nitrogens with zero attached hydrogens (tertiary/aromatic N) is 3. The molecule has 21 heavy (non-hydrogen) atoms. The molecule has 3 fully saturated rings. The lowest BCUT2D eigenvalue weighted by Crippen LogP contribution is -2.49. The van der Waals surface area contributed by atoms with E-state index >= 15 is 0 Å². The summed E-state index contributed by atoms with van der Waals surface area (Å²) < 4.78 is 5.33. The van der Waals surface area contributed by atoms with Crippen molar-refractivity contribution in [3.8, 4) is 0 Å². The first kappa shape index (κ1) is 13.6. The Labute approximate surface area is 128 Å². The van der Waals surface area contributed by atoms with Crippen LogP contribution in [0, 0.1) is 0 Å². The van der Waals surface area contributed by atoms with Crippen LogP contribution in [-0.2, 0) is 4.79 Å². The first-order valence-electron chi connectivity index (χ1n) is 8.02. The Morgan fingerprint density at radius 1 is 1.19 bits per heavy atom. The predicted molar refractivity (Wildman–Crippen MR) is 80.3 cm³/mol. The SMILES string of the molecule is O=C(CSC1CCCC1)N1CC(c2nc(C3CC3)no2)C1. The second kappa shape index (κ2) is 5.63. The quantitative estimate of drug-likeness (QED) is 0.836. The van der Waals surface area contributed by atoms with Crippen LogP contribution in [0.15, 0.2) is 4.52 Å². The molecule has 1 aliphatic heterocycles. The molecule has 2 heterocycles. The molecule has 1 aromatic heterocycles. The standard InChI is InChI=1S/C15H21N3O2S/c19-13(9-21-12-3-1-2-4-12)18-7-11(8-18)15-16-14(17-20-15)10-5-6-10/h10-12H,1-9H2. The number of carbonyl (C=O) groups excluding carboxylic acids is 1. The summed E-state index contributed by atoms with van der Waals surface area (Å²) in [5, 5.41) is 4.76. The summed E-state index contributed by atoms with van der Waals surface area (Å²) in [5.41, 5.74) is 0. The van der Waals surface area contributed by atoms with Gasteiger partial charge in [0.2, 0.25) is 11.8 Å². The van der Waals surface area contributed by atoms with Crippen LogP contribution in [0.1, 0.15) is 62.1 Å². The van der Waals surface area contributed by atoms with E-state index in [9.17, 15) is 4.79 Å². The van der Waals surface area contributed by atoms with Gasteiger partial charge in [-0.1, -0.05) is 18.0 Å². The average molecular weight is 307 g/mol. The molecule has 2 saturated carbocycles. The van der Waals surface area contributed by atoms with E-state index in [2.05, 4.69) is 10.1 Å². The summed E-state index contributed by atoms with van der Waals surface area (Å²) in [6.45, 7) is 1.49. The average Bonchev–Trinajstić information content (AvgIpc) is 2.97. The van der Waals surface area contributed by atoms with Crippen molar-refractivity contribution in [3.63, 3.8) is 0 Å². The Bertz CT molecular complexity index is 517. The summed E-state index contributed by atoms with van der Waals surface area (Å²) in [4.78, 5) is 18.5. The number of rotatable bonds is 5. The first-order valence-corrected chi connectivity index (χ1v) is 9.07. The molecule has 0 atom stereocenters. The summed E-state index contributed by atoms with van der Waals surface area (Å²) >= 11 is 1.84. The van der Waals surface area contributed by atoms with Crippen LogP contribution in [0.3, 0.4) is 0 Å². The third kappa shape index (κ3) is 2.96. The van der Waals surface area contributed by atoms with Gasteiger partial charge in [-0.3, -0.25) is 4.79 Å². The van der Waals surface area contributed by atoms with Crippen molar-refractivity contribution in [2.75, 3.05) is 18.8 Å². The highest BCUT2D eigenvalue weighted by atomic mass is 32.2. The normalized spacial score (nSPS) is 23.5. The second-order valence-electron chi connectivity index (χ2n) is 6.48. The summed E-state index contributed by atoms with van der Waals surface area (Å²) in [6, 6.07) is 0. The molecule has 0 N–H and O–H groups in total. The number of thioether (sulfide) groups is 1. The Morgan fingerprint density at radius 2 is 1.95 bits per heavy atom. The molecule has 0 spiro atoms. The van der Waals surface area contributed by atoms with Gasteiger partial charge < -0.3 is 9.42 Å². The zero-order valence-corrected chi connectivity index (χ0v) is 13.0. The Balaban J connectivity index is 1.23. The highest BCUT2D eigenvalue weighted by Gasteiger charge is 2.37. The van der Waals surface area contributed by atoms with E-state index in [0.29, 0.717) is 16.9 Å². The zero-order valence-electron chi connectivity index (χ0n) is 12.2. The smallest absolute Gasteiger partial charge is 0.233 e. The summed E-state index contributed by atoms with van der Waals surface area (Å²) in [6.07, 6.45) is 7.61. The highest BCUT2D eigenvalue weighted by Crippen LogP contribution is 2.39. The van der Waals surface area contributed by atoms with Gasteiger partial charge in [-0.2, -0.15) is 4.98 Å². The number of hydrogen-bond acceptors (Lipinski definition) is 5. The summed E-state index contributed by atoms with van der Waals surface area (Å²) in [5.74, 6) is 3.28. The van der Waals surface area contributed by atoms with E-state index in [4.69, 9.17) is 4.52 Å². The van der Waals surface area contributed by atoms with Gasteiger partial charge in [0.1, 0.15) is 0 Å². The van der Waals surface area contributed by atoms with Gasteiger partial charge in [-0.15, -0.1) is 11.8 Å². The molecule has 0 unspecified atom stereocenters. The fourth-order valence-electron chi connectivity index (χ4n) is 3.09. The highest BCUT2D eigenvalue weighted by molar-refractivity contribution is 8.00. The molecule has 0 aromatic carbocycles. The van der Waals surface area contributed by atoms with Crippen LogP contribution in [0.5, 0.6) is 0 Å². The molecule has 1 aromatic rings. The molecule has 6 heteroatoms. The number of aromatic nitrogens is 2. The minimum absolute atomic E-state index is 0.255. The molecule has 0 bridgehead atoms. The fraction of sp³-hybridized carbons (Fsp3) is 0.800. The van der Waals surface area contributed by atoms with Crippen molar-refractivity contribution < 1.29 is 9.32 Å². The lowest BCUT2D eigenvalue weighted by Gasteiger charge is -2.37. The fourth-order valence-corrected chi connectivity index (χ4v) is 4.32. The summed E-state index contributed by atoms with van der Waals surface area (Å²) in [7, 11) is 0. The molecule has 0 radical (unpaired) electrons. The number of hydrogen-bond donors (Lipinski definition) is 0. The largest absolute Gasteiger partial charge is 0.340 e. The minimum atomic E-state index is 0.255. The van der Waals surface area contributed by atoms with Crippen LogP contribution >= 0.6 is 11.8 Å². The van der Waals surface area contributed by atoms with Crippen molar-refractivity contribution in [1.29, 1.82) is 0 Å². The molecular formula is C15H21N3O2S. The van der Waals surface area contributed by atoms with Crippen molar-refractivity contribution in [2.24, 2.45) is 0 Å². The lowest BCUT2D eigenvalue weighted by atomic mass is 10.0. The van der Waals surface area contributed by atoms with Crippen molar-refractivity contribution in [3.05, 3.63) is 11.7 Å². The Hall–Kier alpha value is -1.04. The van der Waals surface area contributed by atoms with Crippen LogP contribution < -0.4 is 0 Å². The minimum Gasteiger partial charge on any atom is -0.340 e. The monoisotopic (exact) mass is 307 g/mol. The van der Waals surface area contributed by atoms with E-state index in [-0.39, 0.29) is 11.8 Å². The van der Waals surface area contributed by atoms with Gasteiger partial charge in [-0.05, 0) is 25.7 Å². The number of likely N-dealkylation sites (tertiary alicyclic amines) is 1. The Kier molecular flexibility index (Phi) is 3.65. The molecule has 114 valence electrons. The first-order chi connectivity index (χ1) is 10.3. The van der Waals surface area contributed by atoms with Gasteiger partial charge in [0, 0.05) is 24.3 Å². The third-order valence-corrected chi connectivity index (χ3v) is 6.08. The van der Waals surface area contributed by atoms with Crippen LogP contribution in [-0.4, -0.2) is 45.0 Å². The van der Waals surface area contributed by atoms with Gasteiger partial charge in [-0.25, -0.2) is 0 Å². The molecule has 3 aliphatic rings. The molecule has 4 rings (SSSR count). The van der Waals surface area contributed by atoms with Crippen LogP contribution in [0.25, 0.3) is 0 Å². The van der Waals surface area contributed by atoms with Crippen molar-refractivity contribution in [2.45, 2.75) is 55.6 Å². The van der Waals surface area contributed by atoms with Gasteiger partial charge >= 0.3 is 0 Å². The maximum atomic E-state index is 12.1.